The number of aliphatic imine (C=N–C) groups is 1. The van der Waals surface area contributed by atoms with Crippen LogP contribution in [0, 0.1) is 6.92 Å². The van der Waals surface area contributed by atoms with E-state index in [2.05, 4.69) is 46.3 Å². The van der Waals surface area contributed by atoms with Gasteiger partial charge in [-0.15, -0.1) is 0 Å². The first-order valence-corrected chi connectivity index (χ1v) is 9.33. The number of hydrogen-bond donors (Lipinski definition) is 1. The molecule has 3 heterocycles. The van der Waals surface area contributed by atoms with Gasteiger partial charge in [0, 0.05) is 41.5 Å². The first kappa shape index (κ1) is 16.8. The van der Waals surface area contributed by atoms with Crippen molar-refractivity contribution in [3.63, 3.8) is 0 Å². The lowest BCUT2D eigenvalue weighted by molar-refractivity contribution is 0.636. The Morgan fingerprint density at radius 1 is 1.15 bits per heavy atom. The first-order chi connectivity index (χ1) is 12.6. The highest BCUT2D eigenvalue weighted by atomic mass is 32.2. The zero-order valence-electron chi connectivity index (χ0n) is 14.7. The molecule has 0 fully saturated rings. The van der Waals surface area contributed by atoms with Crippen molar-refractivity contribution < 1.29 is 0 Å². The average molecular weight is 364 g/mol. The molecule has 0 saturated heterocycles. The van der Waals surface area contributed by atoms with Crippen LogP contribution >= 0.6 is 11.8 Å². The standard InChI is InChI=1S/C19H20N6S/c1-12-16(10-23-25(12)2)18-7-17(24-19(20)26-18)14-5-3-4-13(6-14)15-8-21-11-22-9-15/h3-6,8-11,17-18H,7H2,1-2H3,(H2,20,24)/t17-,18-/m0/s1. The average Bonchev–Trinajstić information content (AvgIpc) is 3.01. The lowest BCUT2D eigenvalue weighted by Gasteiger charge is -2.26. The summed E-state index contributed by atoms with van der Waals surface area (Å²) in [5, 5.41) is 5.26. The van der Waals surface area contributed by atoms with Crippen LogP contribution in [0.2, 0.25) is 0 Å². The maximum atomic E-state index is 6.16. The van der Waals surface area contributed by atoms with Gasteiger partial charge in [0.1, 0.15) is 6.33 Å². The molecule has 0 spiro atoms. The molecule has 0 amide bonds. The van der Waals surface area contributed by atoms with Gasteiger partial charge >= 0.3 is 0 Å². The molecular formula is C19H20N6S. The van der Waals surface area contributed by atoms with Crippen LogP contribution in [0.25, 0.3) is 11.1 Å². The Bertz CT molecular complexity index is 950. The van der Waals surface area contributed by atoms with Gasteiger partial charge in [-0.2, -0.15) is 5.10 Å². The second-order valence-corrected chi connectivity index (χ2v) is 7.61. The number of benzene rings is 1. The van der Waals surface area contributed by atoms with Crippen molar-refractivity contribution in [3.05, 3.63) is 66.0 Å². The van der Waals surface area contributed by atoms with Crippen molar-refractivity contribution in [2.75, 3.05) is 0 Å². The van der Waals surface area contributed by atoms with E-state index in [1.807, 2.05) is 30.3 Å². The van der Waals surface area contributed by atoms with E-state index in [9.17, 15) is 0 Å². The van der Waals surface area contributed by atoms with Crippen LogP contribution in [0.1, 0.15) is 34.5 Å². The molecule has 0 unspecified atom stereocenters. The molecular weight excluding hydrogens is 344 g/mol. The highest BCUT2D eigenvalue weighted by Crippen LogP contribution is 2.44. The molecule has 26 heavy (non-hydrogen) atoms. The van der Waals surface area contributed by atoms with E-state index in [4.69, 9.17) is 10.7 Å². The van der Waals surface area contributed by atoms with Gasteiger partial charge in [0.25, 0.3) is 0 Å². The molecule has 2 aromatic heterocycles. The van der Waals surface area contributed by atoms with E-state index in [-0.39, 0.29) is 11.3 Å². The summed E-state index contributed by atoms with van der Waals surface area (Å²) in [7, 11) is 1.96. The number of nitrogens with two attached hydrogens (primary N) is 1. The van der Waals surface area contributed by atoms with E-state index in [0.717, 1.165) is 23.1 Å². The molecule has 0 radical (unpaired) electrons. The van der Waals surface area contributed by atoms with Gasteiger partial charge in [0.15, 0.2) is 5.17 Å². The van der Waals surface area contributed by atoms with Crippen LogP contribution in [0.3, 0.4) is 0 Å². The molecule has 3 aromatic rings. The maximum absolute atomic E-state index is 6.16. The van der Waals surface area contributed by atoms with Gasteiger partial charge in [0.05, 0.1) is 12.2 Å². The minimum Gasteiger partial charge on any atom is -0.379 e. The normalized spacial score (nSPS) is 20.0. The molecule has 6 nitrogen and oxygen atoms in total. The second kappa shape index (κ2) is 6.92. The topological polar surface area (TPSA) is 82.0 Å². The van der Waals surface area contributed by atoms with Gasteiger partial charge in [0.2, 0.25) is 0 Å². The van der Waals surface area contributed by atoms with Crippen molar-refractivity contribution in [2.45, 2.75) is 24.6 Å². The van der Waals surface area contributed by atoms with Crippen molar-refractivity contribution >= 4 is 16.9 Å². The van der Waals surface area contributed by atoms with Crippen molar-refractivity contribution in [3.8, 4) is 11.1 Å². The first-order valence-electron chi connectivity index (χ1n) is 8.45. The van der Waals surface area contributed by atoms with Gasteiger partial charge in [-0.3, -0.25) is 9.67 Å². The van der Waals surface area contributed by atoms with Crippen LogP contribution in [-0.2, 0) is 7.05 Å². The lowest BCUT2D eigenvalue weighted by atomic mass is 9.96. The highest BCUT2D eigenvalue weighted by molar-refractivity contribution is 8.14. The van der Waals surface area contributed by atoms with E-state index >= 15 is 0 Å². The Labute approximate surface area is 156 Å². The Balaban J connectivity index is 1.65. The number of nitrogens with zero attached hydrogens (tertiary/aromatic N) is 5. The molecule has 1 aliphatic rings. The lowest BCUT2D eigenvalue weighted by Crippen LogP contribution is -2.19. The van der Waals surface area contributed by atoms with Crippen LogP contribution in [-0.4, -0.2) is 24.9 Å². The molecule has 1 aromatic carbocycles. The largest absolute Gasteiger partial charge is 0.379 e. The molecule has 2 N–H and O–H groups in total. The fraction of sp³-hybridized carbons (Fsp3) is 0.263. The molecule has 0 aliphatic carbocycles. The molecule has 2 atom stereocenters. The third-order valence-corrected chi connectivity index (χ3v) is 5.85. The minimum absolute atomic E-state index is 0.0328. The number of aryl methyl sites for hydroxylation is 1. The van der Waals surface area contributed by atoms with Crippen molar-refractivity contribution in [2.24, 2.45) is 17.8 Å². The van der Waals surface area contributed by atoms with Gasteiger partial charge in [-0.1, -0.05) is 30.0 Å². The Hall–Kier alpha value is -2.67. The summed E-state index contributed by atoms with van der Waals surface area (Å²) in [4.78, 5) is 12.9. The van der Waals surface area contributed by atoms with E-state index in [1.54, 1.807) is 11.8 Å². The third-order valence-electron chi connectivity index (χ3n) is 4.77. The zero-order valence-corrected chi connectivity index (χ0v) is 15.5. The summed E-state index contributed by atoms with van der Waals surface area (Å²) in [6, 6.07) is 8.41. The summed E-state index contributed by atoms with van der Waals surface area (Å²) >= 11 is 1.62. The second-order valence-electron chi connectivity index (χ2n) is 6.39. The van der Waals surface area contributed by atoms with Crippen LogP contribution in [0.4, 0.5) is 0 Å². The third kappa shape index (κ3) is 3.22. The van der Waals surface area contributed by atoms with Gasteiger partial charge in [-0.05, 0) is 30.5 Å². The Kier molecular flexibility index (Phi) is 4.46. The molecule has 0 saturated carbocycles. The number of aromatic nitrogens is 4. The predicted molar refractivity (Wildman–Crippen MR) is 105 cm³/mol. The summed E-state index contributed by atoms with van der Waals surface area (Å²) in [5.41, 5.74) is 11.8. The smallest absolute Gasteiger partial charge is 0.155 e. The van der Waals surface area contributed by atoms with Gasteiger partial charge < -0.3 is 5.73 Å². The molecule has 7 heteroatoms. The summed E-state index contributed by atoms with van der Waals surface area (Å²) in [5.74, 6) is 0. The number of rotatable bonds is 3. The fourth-order valence-corrected chi connectivity index (χ4v) is 4.36. The van der Waals surface area contributed by atoms with Crippen LogP contribution < -0.4 is 5.73 Å². The van der Waals surface area contributed by atoms with Crippen LogP contribution in [0.5, 0.6) is 0 Å². The quantitative estimate of drug-likeness (QED) is 0.770. The Morgan fingerprint density at radius 2 is 1.96 bits per heavy atom. The summed E-state index contributed by atoms with van der Waals surface area (Å²) < 4.78 is 1.91. The Morgan fingerprint density at radius 3 is 2.69 bits per heavy atom. The summed E-state index contributed by atoms with van der Waals surface area (Å²) in [6.07, 6.45) is 8.02. The van der Waals surface area contributed by atoms with Crippen LogP contribution in [0.15, 0.2) is 54.2 Å². The predicted octanol–water partition coefficient (Wildman–Crippen LogP) is 3.42. The number of amidine groups is 1. The van der Waals surface area contributed by atoms with Gasteiger partial charge in [-0.25, -0.2) is 9.97 Å². The molecule has 0 bridgehead atoms. The van der Waals surface area contributed by atoms with E-state index in [0.29, 0.717) is 5.17 Å². The molecule has 4 rings (SSSR count). The van der Waals surface area contributed by atoms with Crippen molar-refractivity contribution in [1.82, 2.24) is 19.7 Å². The maximum Gasteiger partial charge on any atom is 0.155 e. The highest BCUT2D eigenvalue weighted by Gasteiger charge is 2.28. The molecule has 132 valence electrons. The molecule has 1 aliphatic heterocycles. The minimum atomic E-state index is 0.0328. The van der Waals surface area contributed by atoms with E-state index in [1.165, 1.54) is 17.6 Å². The van der Waals surface area contributed by atoms with Crippen molar-refractivity contribution in [1.29, 1.82) is 0 Å². The summed E-state index contributed by atoms with van der Waals surface area (Å²) in [6.45, 7) is 2.09. The zero-order chi connectivity index (χ0) is 18.1. The monoisotopic (exact) mass is 364 g/mol. The number of hydrogen-bond acceptors (Lipinski definition) is 6. The number of thioether (sulfide) groups is 1. The van der Waals surface area contributed by atoms with E-state index < -0.39 is 0 Å². The fourth-order valence-electron chi connectivity index (χ4n) is 3.24. The SMILES string of the molecule is Cc1c([C@@H]2C[C@@H](c3cccc(-c4cncnc4)c3)N=C(N)S2)cnn1C.